The summed E-state index contributed by atoms with van der Waals surface area (Å²) in [5.74, 6) is -0.525. The molecule has 19 nitrogen and oxygen atoms in total. The zero-order valence-electron chi connectivity index (χ0n) is 38.5. The van der Waals surface area contributed by atoms with Crippen LogP contribution in [0.5, 0.6) is 17.4 Å². The molecule has 0 saturated carbocycles. The molecule has 1 aromatic heterocycles. The van der Waals surface area contributed by atoms with Crippen LogP contribution < -0.4 is 5.73 Å². The van der Waals surface area contributed by atoms with E-state index >= 15 is 0 Å². The number of hydrogen-bond donors (Lipinski definition) is 4. The van der Waals surface area contributed by atoms with Gasteiger partial charge in [-0.25, -0.2) is 8.42 Å². The molecule has 5 N–H and O–H groups in total. The van der Waals surface area contributed by atoms with Gasteiger partial charge < -0.3 is 21.1 Å². The number of azo groups is 4. The fraction of sp³-hybridized carbons (Fsp3) is 0.163. The molecule has 8 aromatic rings. The molecular weight excluding hydrogens is 901 g/mol. The monoisotopic (exact) mass is 944 g/mol. The number of hydrogen-bond acceptors (Lipinski definition) is 17. The van der Waals surface area contributed by atoms with Gasteiger partial charge in [0.1, 0.15) is 17.1 Å². The maximum Gasteiger partial charge on any atom is 0.269 e. The van der Waals surface area contributed by atoms with Crippen LogP contribution in [0.3, 0.4) is 0 Å². The Morgan fingerprint density at radius 2 is 1.14 bits per heavy atom. The number of nitrogens with zero attached hydrogens (tertiary/aromatic N) is 11. The molecule has 20 heteroatoms. The predicted octanol–water partition coefficient (Wildman–Crippen LogP) is 14.0. The second-order valence-corrected chi connectivity index (χ2v) is 18.6. The summed E-state index contributed by atoms with van der Waals surface area (Å²) < 4.78 is 25.0. The van der Waals surface area contributed by atoms with E-state index in [1.807, 2.05) is 39.8 Å². The van der Waals surface area contributed by atoms with Crippen molar-refractivity contribution < 1.29 is 28.7 Å². The molecule has 0 aliphatic rings. The first-order chi connectivity index (χ1) is 32.7. The molecule has 0 saturated heterocycles. The van der Waals surface area contributed by atoms with Crippen molar-refractivity contribution in [2.75, 3.05) is 12.0 Å². The fourth-order valence-electron chi connectivity index (χ4n) is 7.76. The number of rotatable bonds is 11. The average Bonchev–Trinajstić information content (AvgIpc) is 3.58. The minimum Gasteiger partial charge on any atom is -0.505 e. The van der Waals surface area contributed by atoms with Crippen LogP contribution in [0.25, 0.3) is 27.2 Å². The Labute approximate surface area is 394 Å². The minimum atomic E-state index is -3.39. The summed E-state index contributed by atoms with van der Waals surface area (Å²) in [4.78, 5) is 10.8. The lowest BCUT2D eigenvalue weighted by Gasteiger charge is -2.14. The van der Waals surface area contributed by atoms with Crippen molar-refractivity contribution >= 4 is 88.3 Å². The van der Waals surface area contributed by atoms with E-state index in [2.05, 4.69) is 46.0 Å². The molecule has 7 aromatic carbocycles. The summed E-state index contributed by atoms with van der Waals surface area (Å²) in [6.45, 7) is 12.5. The van der Waals surface area contributed by atoms with Crippen LogP contribution in [0.15, 0.2) is 137 Å². The van der Waals surface area contributed by atoms with Crippen molar-refractivity contribution in [2.24, 2.45) is 40.9 Å². The topological polar surface area (TPSA) is 281 Å². The highest BCUT2D eigenvalue weighted by Crippen LogP contribution is 2.47. The Bertz CT molecular complexity index is 3700. The minimum absolute atomic E-state index is 0.0664. The van der Waals surface area contributed by atoms with Crippen molar-refractivity contribution in [1.82, 2.24) is 9.78 Å². The van der Waals surface area contributed by atoms with Crippen molar-refractivity contribution in [2.45, 2.75) is 53.4 Å². The van der Waals surface area contributed by atoms with Gasteiger partial charge >= 0.3 is 0 Å². The number of nitrogen functional groups attached to an aromatic ring is 1. The molecule has 0 aliphatic carbocycles. The van der Waals surface area contributed by atoms with Crippen molar-refractivity contribution in [1.29, 1.82) is 0 Å². The van der Waals surface area contributed by atoms with E-state index in [1.165, 1.54) is 47.1 Å². The smallest absolute Gasteiger partial charge is 0.269 e. The maximum atomic E-state index is 11.9. The van der Waals surface area contributed by atoms with Crippen molar-refractivity contribution in [3.05, 3.63) is 140 Å². The zero-order chi connectivity index (χ0) is 49.6. The van der Waals surface area contributed by atoms with Crippen molar-refractivity contribution in [3.8, 4) is 23.1 Å². The highest BCUT2D eigenvalue weighted by Gasteiger charge is 2.20. The van der Waals surface area contributed by atoms with E-state index in [9.17, 15) is 33.9 Å². The Morgan fingerprint density at radius 1 is 0.580 bits per heavy atom. The van der Waals surface area contributed by atoms with E-state index in [1.54, 1.807) is 57.2 Å². The molecule has 0 spiro atoms. The number of sulfone groups is 1. The summed E-state index contributed by atoms with van der Waals surface area (Å²) in [5, 5.41) is 86.9. The highest BCUT2D eigenvalue weighted by atomic mass is 32.2. The second kappa shape index (κ2) is 18.1. The molecule has 0 bridgehead atoms. The summed E-state index contributed by atoms with van der Waals surface area (Å²) in [5.41, 5.74) is 14.5. The number of anilines is 1. The van der Waals surface area contributed by atoms with Crippen LogP contribution in [-0.4, -0.2) is 44.7 Å². The molecule has 0 fully saturated rings. The van der Waals surface area contributed by atoms with Crippen molar-refractivity contribution in [3.63, 3.8) is 0 Å². The molecule has 0 unspecified atom stereocenters. The second-order valence-electron chi connectivity index (χ2n) is 16.6. The molecule has 0 amide bonds. The number of non-ortho nitro benzene ring substituents is 1. The van der Waals surface area contributed by atoms with Crippen LogP contribution >= 0.6 is 0 Å². The zero-order valence-corrected chi connectivity index (χ0v) is 39.4. The van der Waals surface area contributed by atoms with Gasteiger partial charge in [0.15, 0.2) is 27.0 Å². The third-order valence-corrected chi connectivity index (χ3v) is 12.7. The lowest BCUT2D eigenvalue weighted by atomic mass is 9.98. The number of nitro groups is 1. The Hall–Kier alpha value is -8.78. The molecule has 348 valence electrons. The lowest BCUT2D eigenvalue weighted by molar-refractivity contribution is -0.384. The molecular formula is C49H44N12O7S. The maximum absolute atomic E-state index is 11.9. The molecule has 0 atom stereocenters. The van der Waals surface area contributed by atoms with E-state index in [-0.39, 0.29) is 50.7 Å². The average molecular weight is 945 g/mol. The number of benzene rings is 7. The number of aromatic nitrogens is 2. The number of phenolic OH excluding ortho intramolecular Hbond substituents is 2. The number of fused-ring (bicyclic) bond motifs is 2. The Morgan fingerprint density at radius 3 is 1.78 bits per heavy atom. The van der Waals surface area contributed by atoms with Gasteiger partial charge in [0.25, 0.3) is 5.69 Å². The third kappa shape index (κ3) is 9.07. The van der Waals surface area contributed by atoms with Crippen LogP contribution in [0.4, 0.5) is 56.9 Å². The largest absolute Gasteiger partial charge is 0.505 e. The first-order valence-corrected chi connectivity index (χ1v) is 23.0. The Kier molecular flexibility index (Phi) is 12.3. The van der Waals surface area contributed by atoms with Crippen LogP contribution in [0.1, 0.15) is 39.1 Å². The molecule has 1 heterocycles. The lowest BCUT2D eigenvalue weighted by Crippen LogP contribution is -1.99. The first-order valence-electron chi connectivity index (χ1n) is 21.1. The third-order valence-electron chi connectivity index (χ3n) is 11.6. The standard InChI is InChI=1S/C49H44N12O7S/c1-24-23-41(43(50)42-36(24)21-27(4)45(48(42)63)57-52-39-17-12-33(61(65)66)20-26(39)3)55-54-40-18-15-35-37(29(40)6)22-28(5)44(47(35)62)56-51-31-9-16-38(25(2)19-31)53-58-46-30(7)59-60(49(46)64)32-10-13-34(14-11-32)69(8,67)68/h9-23,62-64H,50H2,1-8H3. The van der Waals surface area contributed by atoms with Gasteiger partial charge in [-0.2, -0.15) is 30.2 Å². The summed E-state index contributed by atoms with van der Waals surface area (Å²) in [6, 6.07) is 24.3. The SMILES string of the molecule is Cc1cc([N+](=O)[O-])ccc1N=Nc1c(C)cc2c(C)cc(N=Nc3ccc4c(O)c(N=Nc5ccc(N=Nc6c(C)nn(-c7ccc(S(C)(=O)=O)cc7)c6O)c(C)c5)c(C)cc4c3C)c(N)c2c1O. The van der Waals surface area contributed by atoms with Crippen LogP contribution in [-0.2, 0) is 9.84 Å². The summed E-state index contributed by atoms with van der Waals surface area (Å²) in [6.07, 6.45) is 1.12. The number of aromatic hydroxyl groups is 3. The van der Waals surface area contributed by atoms with Gasteiger partial charge in [-0.1, -0.05) is 0 Å². The number of aryl methyl sites for hydroxylation is 7. The van der Waals surface area contributed by atoms with Gasteiger partial charge in [0, 0.05) is 23.8 Å². The summed E-state index contributed by atoms with van der Waals surface area (Å²) >= 11 is 0. The van der Waals surface area contributed by atoms with E-state index in [0.29, 0.717) is 78.2 Å². The molecule has 0 aliphatic heterocycles. The van der Waals surface area contributed by atoms with Gasteiger partial charge in [-0.3, -0.25) is 10.1 Å². The van der Waals surface area contributed by atoms with E-state index in [0.717, 1.165) is 22.8 Å². The highest BCUT2D eigenvalue weighted by molar-refractivity contribution is 7.90. The van der Waals surface area contributed by atoms with Gasteiger partial charge in [-0.05, 0) is 171 Å². The summed E-state index contributed by atoms with van der Waals surface area (Å²) in [7, 11) is -3.39. The quantitative estimate of drug-likeness (QED) is 0.0414. The number of nitro benzene ring substituents is 1. The number of nitrogens with two attached hydrogens (primary N) is 1. The van der Waals surface area contributed by atoms with Gasteiger partial charge in [0.05, 0.1) is 55.0 Å². The molecule has 8 rings (SSSR count). The fourth-order valence-corrected chi connectivity index (χ4v) is 8.39. The van der Waals surface area contributed by atoms with E-state index in [4.69, 9.17) is 5.73 Å². The van der Waals surface area contributed by atoms with Crippen LogP contribution in [0.2, 0.25) is 0 Å². The van der Waals surface area contributed by atoms with Crippen LogP contribution in [0, 0.1) is 58.6 Å². The molecule has 0 radical (unpaired) electrons. The van der Waals surface area contributed by atoms with E-state index < -0.39 is 14.8 Å². The number of phenols is 2. The normalized spacial score (nSPS) is 12.3. The van der Waals surface area contributed by atoms with Gasteiger partial charge in [0.2, 0.25) is 5.88 Å². The van der Waals surface area contributed by atoms with Gasteiger partial charge in [-0.15, -0.1) is 20.5 Å². The molecule has 69 heavy (non-hydrogen) atoms. The Balaban J connectivity index is 1.02. The predicted molar refractivity (Wildman–Crippen MR) is 263 cm³/mol. The first kappa shape index (κ1) is 46.7.